The highest BCUT2D eigenvalue weighted by molar-refractivity contribution is 5.94. The summed E-state index contributed by atoms with van der Waals surface area (Å²) in [7, 11) is 1.38. The van der Waals surface area contributed by atoms with E-state index < -0.39 is 6.10 Å². The highest BCUT2D eigenvalue weighted by Crippen LogP contribution is 2.31. The van der Waals surface area contributed by atoms with Crippen molar-refractivity contribution in [2.75, 3.05) is 7.11 Å². The molecule has 21 heavy (non-hydrogen) atoms. The normalized spacial score (nSPS) is 22.5. The Morgan fingerprint density at radius 1 is 1.38 bits per heavy atom. The van der Waals surface area contributed by atoms with Crippen LogP contribution in [0, 0.1) is 11.8 Å². The molecule has 4 heteroatoms. The number of allylic oxidation sites excluding steroid dienone is 2. The van der Waals surface area contributed by atoms with Gasteiger partial charge < -0.3 is 9.84 Å². The maximum absolute atomic E-state index is 11.9. The fourth-order valence-corrected chi connectivity index (χ4v) is 2.88. The van der Waals surface area contributed by atoms with E-state index in [4.69, 9.17) is 0 Å². The Balaban J connectivity index is 2.27. The Morgan fingerprint density at radius 2 is 2.14 bits per heavy atom. The Morgan fingerprint density at radius 3 is 2.81 bits per heavy atom. The third-order valence-electron chi connectivity index (χ3n) is 4.20. The Bertz CT molecular complexity index is 362. The molecule has 3 unspecified atom stereocenters. The molecule has 0 spiro atoms. The first kappa shape index (κ1) is 17.9. The maximum atomic E-state index is 11.9. The average molecular weight is 296 g/mol. The molecule has 0 heterocycles. The van der Waals surface area contributed by atoms with Crippen LogP contribution in [0.15, 0.2) is 12.2 Å². The third kappa shape index (κ3) is 6.42. The van der Waals surface area contributed by atoms with Gasteiger partial charge in [0.25, 0.3) is 0 Å². The third-order valence-corrected chi connectivity index (χ3v) is 4.20. The molecule has 0 aliphatic heterocycles. The van der Waals surface area contributed by atoms with Gasteiger partial charge in [-0.05, 0) is 37.7 Å². The first-order chi connectivity index (χ1) is 10.1. The van der Waals surface area contributed by atoms with Gasteiger partial charge in [0, 0.05) is 12.3 Å². The number of aliphatic hydroxyl groups is 1. The number of hydrogen-bond donors (Lipinski definition) is 1. The van der Waals surface area contributed by atoms with Gasteiger partial charge in [0.05, 0.1) is 13.2 Å². The van der Waals surface area contributed by atoms with E-state index in [9.17, 15) is 14.7 Å². The summed E-state index contributed by atoms with van der Waals surface area (Å²) in [5.41, 5.74) is 0. The second kappa shape index (κ2) is 9.72. The molecular formula is C17H28O4. The summed E-state index contributed by atoms with van der Waals surface area (Å²) in [6, 6.07) is 0. The predicted octanol–water partition coefficient (Wildman–Crippen LogP) is 3.03. The first-order valence-corrected chi connectivity index (χ1v) is 8.05. The molecule has 0 amide bonds. The van der Waals surface area contributed by atoms with Crippen molar-refractivity contribution in [2.45, 2.75) is 64.4 Å². The van der Waals surface area contributed by atoms with Crippen LogP contribution in [-0.2, 0) is 14.3 Å². The van der Waals surface area contributed by atoms with Crippen molar-refractivity contribution in [1.29, 1.82) is 0 Å². The van der Waals surface area contributed by atoms with Crippen LogP contribution in [-0.4, -0.2) is 30.1 Å². The Hall–Kier alpha value is -1.16. The van der Waals surface area contributed by atoms with E-state index in [1.807, 2.05) is 6.08 Å². The minimum atomic E-state index is -0.458. The monoisotopic (exact) mass is 296 g/mol. The number of aliphatic hydroxyl groups excluding tert-OH is 1. The zero-order valence-corrected chi connectivity index (χ0v) is 13.2. The highest BCUT2D eigenvalue weighted by Gasteiger charge is 2.31. The number of ketones is 1. The van der Waals surface area contributed by atoms with Gasteiger partial charge in [-0.2, -0.15) is 0 Å². The van der Waals surface area contributed by atoms with Crippen molar-refractivity contribution in [2.24, 2.45) is 11.8 Å². The standard InChI is InChI=1S/C17H28O4/c1-3-4-7-13-10-11-16(19)15(13)12-14(18)8-5-6-9-17(20)21-2/h10-11,13-15,18H,3-9,12H2,1-2H3. The van der Waals surface area contributed by atoms with Crippen molar-refractivity contribution < 1.29 is 19.4 Å². The summed E-state index contributed by atoms with van der Waals surface area (Å²) in [5.74, 6) is 0.193. The minimum absolute atomic E-state index is 0.0489. The van der Waals surface area contributed by atoms with Crippen LogP contribution in [0.25, 0.3) is 0 Å². The van der Waals surface area contributed by atoms with Crippen LogP contribution < -0.4 is 0 Å². The number of rotatable bonds is 10. The van der Waals surface area contributed by atoms with E-state index in [1.54, 1.807) is 6.08 Å². The van der Waals surface area contributed by atoms with Gasteiger partial charge in [-0.15, -0.1) is 0 Å². The van der Waals surface area contributed by atoms with E-state index in [0.29, 0.717) is 25.2 Å². The summed E-state index contributed by atoms with van der Waals surface area (Å²) in [6.07, 6.45) is 9.58. The predicted molar refractivity (Wildman–Crippen MR) is 81.8 cm³/mol. The van der Waals surface area contributed by atoms with E-state index in [2.05, 4.69) is 11.7 Å². The molecule has 1 aliphatic rings. The van der Waals surface area contributed by atoms with Crippen molar-refractivity contribution in [3.63, 3.8) is 0 Å². The van der Waals surface area contributed by atoms with Crippen LogP contribution in [0.2, 0.25) is 0 Å². The second-order valence-electron chi connectivity index (χ2n) is 5.89. The molecule has 4 nitrogen and oxygen atoms in total. The molecule has 0 saturated heterocycles. The van der Waals surface area contributed by atoms with Crippen LogP contribution in [0.5, 0.6) is 0 Å². The largest absolute Gasteiger partial charge is 0.469 e. The fraction of sp³-hybridized carbons (Fsp3) is 0.765. The lowest BCUT2D eigenvalue weighted by Crippen LogP contribution is -2.22. The SMILES string of the molecule is CCCCC1C=CC(=O)C1CC(O)CCCCC(=O)OC. The molecule has 0 fully saturated rings. The van der Waals surface area contributed by atoms with Crippen molar-refractivity contribution in [1.82, 2.24) is 0 Å². The van der Waals surface area contributed by atoms with Gasteiger partial charge in [-0.25, -0.2) is 0 Å². The smallest absolute Gasteiger partial charge is 0.305 e. The topological polar surface area (TPSA) is 63.6 Å². The van der Waals surface area contributed by atoms with E-state index in [-0.39, 0.29) is 17.7 Å². The average Bonchev–Trinajstić information content (AvgIpc) is 2.82. The quantitative estimate of drug-likeness (QED) is 0.497. The van der Waals surface area contributed by atoms with E-state index in [0.717, 1.165) is 32.1 Å². The molecule has 0 aromatic heterocycles. The summed E-state index contributed by atoms with van der Waals surface area (Å²) in [4.78, 5) is 22.9. The molecule has 0 bridgehead atoms. The van der Waals surface area contributed by atoms with Crippen LogP contribution >= 0.6 is 0 Å². The van der Waals surface area contributed by atoms with Crippen LogP contribution in [0.4, 0.5) is 0 Å². The molecule has 0 aromatic rings. The van der Waals surface area contributed by atoms with Crippen molar-refractivity contribution in [3.8, 4) is 0 Å². The minimum Gasteiger partial charge on any atom is -0.469 e. The molecule has 3 atom stereocenters. The summed E-state index contributed by atoms with van der Waals surface area (Å²) < 4.78 is 4.58. The molecule has 1 N–H and O–H groups in total. The molecule has 1 rings (SSSR count). The number of hydrogen-bond acceptors (Lipinski definition) is 4. The lowest BCUT2D eigenvalue weighted by Gasteiger charge is -2.21. The molecule has 0 radical (unpaired) electrons. The lowest BCUT2D eigenvalue weighted by atomic mass is 9.85. The highest BCUT2D eigenvalue weighted by atomic mass is 16.5. The van der Waals surface area contributed by atoms with Crippen LogP contribution in [0.1, 0.15) is 58.3 Å². The molecule has 1 aliphatic carbocycles. The maximum Gasteiger partial charge on any atom is 0.305 e. The van der Waals surface area contributed by atoms with Crippen LogP contribution in [0.3, 0.4) is 0 Å². The number of carbonyl (C=O) groups is 2. The van der Waals surface area contributed by atoms with Gasteiger partial charge in [-0.1, -0.05) is 32.3 Å². The van der Waals surface area contributed by atoms with Gasteiger partial charge in [0.2, 0.25) is 0 Å². The molecule has 0 saturated carbocycles. The Labute approximate surface area is 127 Å². The fourth-order valence-electron chi connectivity index (χ4n) is 2.88. The lowest BCUT2D eigenvalue weighted by molar-refractivity contribution is -0.140. The van der Waals surface area contributed by atoms with E-state index in [1.165, 1.54) is 7.11 Å². The number of carbonyl (C=O) groups excluding carboxylic acids is 2. The summed E-state index contributed by atoms with van der Waals surface area (Å²) in [5, 5.41) is 10.1. The number of ether oxygens (including phenoxy) is 1. The molecule has 120 valence electrons. The summed E-state index contributed by atoms with van der Waals surface area (Å²) in [6.45, 7) is 2.14. The number of unbranched alkanes of at least 4 members (excludes halogenated alkanes) is 2. The zero-order valence-electron chi connectivity index (χ0n) is 13.2. The van der Waals surface area contributed by atoms with Crippen molar-refractivity contribution >= 4 is 11.8 Å². The van der Waals surface area contributed by atoms with Gasteiger partial charge in [0.1, 0.15) is 0 Å². The van der Waals surface area contributed by atoms with Gasteiger partial charge >= 0.3 is 5.97 Å². The first-order valence-electron chi connectivity index (χ1n) is 8.05. The van der Waals surface area contributed by atoms with Crippen molar-refractivity contribution in [3.05, 3.63) is 12.2 Å². The molecular weight excluding hydrogens is 268 g/mol. The molecule has 0 aromatic carbocycles. The Kier molecular flexibility index (Phi) is 8.28. The zero-order chi connectivity index (χ0) is 15.7. The van der Waals surface area contributed by atoms with Gasteiger partial charge in [0.15, 0.2) is 5.78 Å². The van der Waals surface area contributed by atoms with E-state index >= 15 is 0 Å². The van der Waals surface area contributed by atoms with Gasteiger partial charge in [-0.3, -0.25) is 9.59 Å². The summed E-state index contributed by atoms with van der Waals surface area (Å²) >= 11 is 0. The second-order valence-corrected chi connectivity index (χ2v) is 5.89. The number of methoxy groups -OCH3 is 1. The number of esters is 1.